The summed E-state index contributed by atoms with van der Waals surface area (Å²) in [6.07, 6.45) is -6.07. The van der Waals surface area contributed by atoms with Crippen LogP contribution in [0.5, 0.6) is 0 Å². The number of hydrogen-bond acceptors (Lipinski definition) is 5. The second-order valence-electron chi connectivity index (χ2n) is 6.82. The van der Waals surface area contributed by atoms with E-state index in [0.29, 0.717) is 24.1 Å². The van der Waals surface area contributed by atoms with E-state index in [9.17, 15) is 31.1 Å². The van der Waals surface area contributed by atoms with E-state index < -0.39 is 41.6 Å². The second-order valence-corrected chi connectivity index (χ2v) is 6.82. The lowest BCUT2D eigenvalue weighted by atomic mass is 10.2. The van der Waals surface area contributed by atoms with Crippen molar-refractivity contribution in [1.82, 2.24) is 34.8 Å². The maximum Gasteiger partial charge on any atom is 0.453 e. The minimum absolute atomic E-state index is 0.130. The van der Waals surface area contributed by atoms with Crippen molar-refractivity contribution in [3.8, 4) is 5.69 Å². The third-order valence-corrected chi connectivity index (χ3v) is 4.69. The molecular weight excluding hydrogens is 432 g/mol. The van der Waals surface area contributed by atoms with Gasteiger partial charge in [-0.1, -0.05) is 0 Å². The summed E-state index contributed by atoms with van der Waals surface area (Å²) in [7, 11) is 1.16. The summed E-state index contributed by atoms with van der Waals surface area (Å²) in [5.74, 6) is -2.81. The predicted molar refractivity (Wildman–Crippen MR) is 90.9 cm³/mol. The SMILES string of the molecule is Cn1nc(C(F)(F)F)nc1C(=O)N[C@H]1CCc2nn(-c3ccnc(C(F)(F)F)c3)cc21. The van der Waals surface area contributed by atoms with Gasteiger partial charge in [0.15, 0.2) is 0 Å². The van der Waals surface area contributed by atoms with Crippen molar-refractivity contribution in [2.45, 2.75) is 31.2 Å². The number of carbonyl (C=O) groups excluding carboxylic acids is 1. The lowest BCUT2D eigenvalue weighted by Crippen LogP contribution is -2.29. The molecular formula is C17H13F6N7O. The van der Waals surface area contributed by atoms with Crippen molar-refractivity contribution < 1.29 is 31.1 Å². The summed E-state index contributed by atoms with van der Waals surface area (Å²) in [6.45, 7) is 0. The Hall–Kier alpha value is -3.45. The lowest BCUT2D eigenvalue weighted by molar-refractivity contribution is -0.145. The quantitative estimate of drug-likeness (QED) is 0.627. The molecule has 31 heavy (non-hydrogen) atoms. The summed E-state index contributed by atoms with van der Waals surface area (Å²) in [5.41, 5.74) is 0.166. The molecule has 0 fully saturated rings. The van der Waals surface area contributed by atoms with Crippen molar-refractivity contribution in [2.24, 2.45) is 7.05 Å². The summed E-state index contributed by atoms with van der Waals surface area (Å²) >= 11 is 0. The Labute approximate surface area is 169 Å². The second kappa shape index (κ2) is 7.06. The minimum atomic E-state index is -4.79. The predicted octanol–water partition coefficient (Wildman–Crippen LogP) is 2.85. The van der Waals surface area contributed by atoms with Crippen molar-refractivity contribution >= 4 is 5.91 Å². The molecule has 8 nitrogen and oxygen atoms in total. The standard InChI is InChI=1S/C17H13F6N7O/c1-29-13(26-15(28-29)17(21,22)23)14(31)25-10-2-3-11-9(10)7-30(27-11)8-4-5-24-12(6-8)16(18,19)20/h4-7,10H,2-3H2,1H3,(H,25,31)/t10-/m0/s1. The molecule has 0 bridgehead atoms. The molecule has 1 atom stereocenters. The molecule has 0 spiro atoms. The largest absolute Gasteiger partial charge is 0.453 e. The van der Waals surface area contributed by atoms with Gasteiger partial charge in [-0.25, -0.2) is 9.36 Å². The molecule has 1 aliphatic carbocycles. The molecule has 164 valence electrons. The third kappa shape index (κ3) is 3.96. The first kappa shape index (κ1) is 20.8. The molecule has 0 unspecified atom stereocenters. The maximum atomic E-state index is 12.9. The highest BCUT2D eigenvalue weighted by Crippen LogP contribution is 2.33. The van der Waals surface area contributed by atoms with E-state index in [-0.39, 0.29) is 5.69 Å². The number of halogens is 6. The Bertz CT molecular complexity index is 1150. The van der Waals surface area contributed by atoms with Gasteiger partial charge in [0.2, 0.25) is 5.82 Å². The van der Waals surface area contributed by atoms with Crippen LogP contribution >= 0.6 is 0 Å². The van der Waals surface area contributed by atoms with E-state index in [2.05, 4.69) is 25.5 Å². The maximum absolute atomic E-state index is 12.9. The lowest BCUT2D eigenvalue weighted by Gasteiger charge is -2.12. The van der Waals surface area contributed by atoms with Gasteiger partial charge in [0.05, 0.1) is 17.4 Å². The first-order chi connectivity index (χ1) is 14.4. The van der Waals surface area contributed by atoms with E-state index in [1.54, 1.807) is 0 Å². The number of hydrogen-bond donors (Lipinski definition) is 1. The minimum Gasteiger partial charge on any atom is -0.342 e. The fourth-order valence-corrected chi connectivity index (χ4v) is 3.27. The van der Waals surface area contributed by atoms with Crippen molar-refractivity contribution in [3.05, 3.63) is 53.1 Å². The average molecular weight is 445 g/mol. The highest BCUT2D eigenvalue weighted by molar-refractivity contribution is 5.91. The van der Waals surface area contributed by atoms with E-state index in [4.69, 9.17) is 0 Å². The molecule has 1 N–H and O–H groups in total. The Morgan fingerprint density at radius 2 is 1.90 bits per heavy atom. The summed E-state index contributed by atoms with van der Waals surface area (Å²) in [6, 6.07) is 1.60. The number of pyridine rings is 1. The Morgan fingerprint density at radius 3 is 2.55 bits per heavy atom. The molecule has 0 radical (unpaired) electrons. The molecule has 3 aromatic rings. The molecule has 4 rings (SSSR count). The van der Waals surface area contributed by atoms with Crippen LogP contribution < -0.4 is 5.32 Å². The Balaban J connectivity index is 1.56. The zero-order valence-corrected chi connectivity index (χ0v) is 15.7. The van der Waals surface area contributed by atoms with E-state index >= 15 is 0 Å². The zero-order valence-electron chi connectivity index (χ0n) is 15.7. The normalized spacial score (nSPS) is 16.4. The van der Waals surface area contributed by atoms with Crippen LogP contribution in [0.1, 0.15) is 45.9 Å². The first-order valence-electron chi connectivity index (χ1n) is 8.84. The number of carbonyl (C=O) groups is 1. The smallest absolute Gasteiger partial charge is 0.342 e. The molecule has 14 heteroatoms. The molecule has 0 saturated heterocycles. The first-order valence-corrected chi connectivity index (χ1v) is 8.84. The number of nitrogens with zero attached hydrogens (tertiary/aromatic N) is 6. The molecule has 1 amide bonds. The van der Waals surface area contributed by atoms with Crippen LogP contribution in [0.4, 0.5) is 26.3 Å². The molecule has 0 aromatic carbocycles. The van der Waals surface area contributed by atoms with Gasteiger partial charge in [0, 0.05) is 25.0 Å². The van der Waals surface area contributed by atoms with Gasteiger partial charge >= 0.3 is 12.4 Å². The molecule has 3 aromatic heterocycles. The topological polar surface area (TPSA) is 90.5 Å². The number of nitrogens with one attached hydrogen (secondary N) is 1. The number of amides is 1. The fourth-order valence-electron chi connectivity index (χ4n) is 3.27. The van der Waals surface area contributed by atoms with Crippen molar-refractivity contribution in [1.29, 1.82) is 0 Å². The average Bonchev–Trinajstić information content (AvgIpc) is 3.36. The fraction of sp³-hybridized carbons (Fsp3) is 0.353. The zero-order chi connectivity index (χ0) is 22.6. The number of fused-ring (bicyclic) bond motifs is 1. The third-order valence-electron chi connectivity index (χ3n) is 4.69. The molecule has 3 heterocycles. The molecule has 1 aliphatic rings. The number of rotatable bonds is 3. The Morgan fingerprint density at radius 1 is 1.16 bits per heavy atom. The van der Waals surface area contributed by atoms with Gasteiger partial charge in [-0.15, -0.1) is 5.10 Å². The number of aromatic nitrogens is 6. The summed E-state index contributed by atoms with van der Waals surface area (Å²) in [4.78, 5) is 19.0. The van der Waals surface area contributed by atoms with Crippen LogP contribution in [0.3, 0.4) is 0 Å². The Kier molecular flexibility index (Phi) is 4.74. The monoisotopic (exact) mass is 445 g/mol. The van der Waals surface area contributed by atoms with E-state index in [1.807, 2.05) is 0 Å². The van der Waals surface area contributed by atoms with Crippen LogP contribution in [0.25, 0.3) is 5.69 Å². The molecule has 0 saturated carbocycles. The van der Waals surface area contributed by atoms with Crippen molar-refractivity contribution in [2.75, 3.05) is 0 Å². The van der Waals surface area contributed by atoms with Gasteiger partial charge < -0.3 is 5.32 Å². The highest BCUT2D eigenvalue weighted by Gasteiger charge is 2.38. The van der Waals surface area contributed by atoms with Crippen LogP contribution in [0, 0.1) is 0 Å². The number of aryl methyl sites for hydroxylation is 2. The van der Waals surface area contributed by atoms with Gasteiger partial charge in [-0.3, -0.25) is 9.78 Å². The van der Waals surface area contributed by atoms with E-state index in [1.165, 1.54) is 16.9 Å². The van der Waals surface area contributed by atoms with Crippen LogP contribution in [0.2, 0.25) is 0 Å². The van der Waals surface area contributed by atoms with Crippen LogP contribution in [0.15, 0.2) is 24.5 Å². The summed E-state index contributed by atoms with van der Waals surface area (Å²) < 4.78 is 78.9. The van der Waals surface area contributed by atoms with E-state index in [0.717, 1.165) is 24.0 Å². The van der Waals surface area contributed by atoms with Crippen LogP contribution in [-0.2, 0) is 25.8 Å². The van der Waals surface area contributed by atoms with Gasteiger partial charge in [0.25, 0.3) is 11.7 Å². The van der Waals surface area contributed by atoms with Gasteiger partial charge in [0.1, 0.15) is 5.69 Å². The van der Waals surface area contributed by atoms with Gasteiger partial charge in [-0.2, -0.15) is 36.4 Å². The summed E-state index contributed by atoms with van der Waals surface area (Å²) in [5, 5.41) is 10.0. The number of alkyl halides is 6. The van der Waals surface area contributed by atoms with Crippen molar-refractivity contribution in [3.63, 3.8) is 0 Å². The highest BCUT2D eigenvalue weighted by atomic mass is 19.4. The van der Waals surface area contributed by atoms with Gasteiger partial charge in [-0.05, 0) is 25.0 Å². The van der Waals surface area contributed by atoms with Crippen LogP contribution in [-0.4, -0.2) is 35.4 Å². The molecule has 0 aliphatic heterocycles.